The fraction of sp³-hybridized carbons (Fsp3) is 0. The van der Waals surface area contributed by atoms with Crippen molar-refractivity contribution in [1.29, 1.82) is 0 Å². The Morgan fingerprint density at radius 1 is 0.339 bits per heavy atom. The lowest BCUT2D eigenvalue weighted by Crippen LogP contribution is -2.00. The maximum Gasteiger partial charge on any atom is 0.164 e. The summed E-state index contributed by atoms with van der Waals surface area (Å²) < 4.78 is 7.34. The summed E-state index contributed by atoms with van der Waals surface area (Å²) in [5, 5.41) is 6.28. The van der Waals surface area contributed by atoms with Crippen molar-refractivity contribution in [3.05, 3.63) is 200 Å². The summed E-state index contributed by atoms with van der Waals surface area (Å²) in [6.07, 6.45) is 2.18. The van der Waals surface area contributed by atoms with Crippen LogP contribution >= 0.6 is 11.3 Å². The van der Waals surface area contributed by atoms with Gasteiger partial charge in [0, 0.05) is 70.6 Å². The molecule has 0 fully saturated rings. The van der Waals surface area contributed by atoms with Crippen molar-refractivity contribution in [2.45, 2.75) is 0 Å². The molecule has 4 heterocycles. The van der Waals surface area contributed by atoms with E-state index in [-0.39, 0.29) is 0 Å². The Hall–Kier alpha value is -7.67. The van der Waals surface area contributed by atoms with E-state index in [1.54, 1.807) is 0 Å². The average Bonchev–Trinajstić information content (AvgIpc) is 3.99. The van der Waals surface area contributed by atoms with Crippen LogP contribution in [-0.4, -0.2) is 24.1 Å². The van der Waals surface area contributed by atoms with Gasteiger partial charge in [0.25, 0.3) is 0 Å². The van der Waals surface area contributed by atoms with Gasteiger partial charge in [-0.3, -0.25) is 0 Å². The maximum absolute atomic E-state index is 4.99. The van der Waals surface area contributed by atoms with E-state index in [4.69, 9.17) is 15.0 Å². The molecular formula is C53H33N5S. The molecule has 59 heavy (non-hydrogen) atoms. The molecule has 12 rings (SSSR count). The first kappa shape index (κ1) is 33.5. The van der Waals surface area contributed by atoms with Gasteiger partial charge in [-0.2, -0.15) is 0 Å². The van der Waals surface area contributed by atoms with Crippen molar-refractivity contribution in [3.8, 4) is 56.7 Å². The quantitative estimate of drug-likeness (QED) is 0.169. The lowest BCUT2D eigenvalue weighted by molar-refractivity contribution is 1.07. The summed E-state index contributed by atoms with van der Waals surface area (Å²) in [4.78, 5) is 14.9. The molecule has 0 bridgehead atoms. The van der Waals surface area contributed by atoms with Crippen LogP contribution in [0, 0.1) is 0 Å². The highest BCUT2D eigenvalue weighted by Gasteiger charge is 2.19. The van der Waals surface area contributed by atoms with Crippen LogP contribution in [0.1, 0.15) is 0 Å². The predicted octanol–water partition coefficient (Wildman–Crippen LogP) is 13.9. The topological polar surface area (TPSA) is 48.5 Å². The molecule has 0 aliphatic rings. The molecule has 0 amide bonds. The highest BCUT2D eigenvalue weighted by atomic mass is 32.1. The molecule has 0 spiro atoms. The van der Waals surface area contributed by atoms with Gasteiger partial charge in [-0.1, -0.05) is 127 Å². The second-order valence-corrected chi connectivity index (χ2v) is 16.0. The van der Waals surface area contributed by atoms with Crippen LogP contribution in [0.3, 0.4) is 0 Å². The molecule has 0 saturated carbocycles. The minimum atomic E-state index is 0.640. The summed E-state index contributed by atoms with van der Waals surface area (Å²) in [7, 11) is 0. The third-order valence-corrected chi connectivity index (χ3v) is 12.5. The molecule has 5 nitrogen and oxygen atoms in total. The number of benzene rings is 8. The maximum atomic E-state index is 4.99. The van der Waals surface area contributed by atoms with Crippen molar-refractivity contribution >= 4 is 64.2 Å². The van der Waals surface area contributed by atoms with Crippen molar-refractivity contribution in [2.75, 3.05) is 0 Å². The molecule has 12 aromatic rings. The van der Waals surface area contributed by atoms with Crippen molar-refractivity contribution in [1.82, 2.24) is 24.1 Å². The molecule has 6 heteroatoms. The SMILES string of the molecule is c1ccc(-c2nc(-c3ccccc3)nc(-c3cccc(-c4ccc(-n5c6cc7ccn(-c8ccccc8)c7cc6c6cc7sc8ccccc8c7cc65)cc4)c3)n2)cc1. The van der Waals surface area contributed by atoms with Gasteiger partial charge in [0.1, 0.15) is 0 Å². The second kappa shape index (κ2) is 13.5. The molecule has 276 valence electrons. The number of aromatic nitrogens is 5. The lowest BCUT2D eigenvalue weighted by atomic mass is 10.0. The molecule has 0 atom stereocenters. The highest BCUT2D eigenvalue weighted by molar-refractivity contribution is 7.25. The van der Waals surface area contributed by atoms with Crippen molar-refractivity contribution in [3.63, 3.8) is 0 Å². The number of thiophene rings is 1. The van der Waals surface area contributed by atoms with Gasteiger partial charge in [0.05, 0.1) is 16.6 Å². The first-order valence-electron chi connectivity index (χ1n) is 19.8. The first-order chi connectivity index (χ1) is 29.2. The summed E-state index contributed by atoms with van der Waals surface area (Å²) in [6.45, 7) is 0. The molecule has 8 aromatic carbocycles. The highest BCUT2D eigenvalue weighted by Crippen LogP contribution is 2.42. The summed E-state index contributed by atoms with van der Waals surface area (Å²) in [6, 6.07) is 68.8. The van der Waals surface area contributed by atoms with Gasteiger partial charge in [-0.25, -0.2) is 15.0 Å². The lowest BCUT2D eigenvalue weighted by Gasteiger charge is -2.11. The Labute approximate surface area is 343 Å². The van der Waals surface area contributed by atoms with E-state index < -0.39 is 0 Å². The zero-order chi connectivity index (χ0) is 38.9. The summed E-state index contributed by atoms with van der Waals surface area (Å²) in [5.41, 5.74) is 10.9. The van der Waals surface area contributed by atoms with Gasteiger partial charge >= 0.3 is 0 Å². The molecule has 0 saturated heterocycles. The number of hydrogen-bond donors (Lipinski definition) is 0. The standard InChI is InChI=1S/C53H33N5S/c1-4-13-35(14-5-1)51-54-52(36-15-6-2-7-16-36)56-53(55-51)39-18-12-17-37(29-39)34-23-25-41(26-24-34)58-47-30-38-27-28-57(40-19-8-3-9-20-40)46(38)31-43(47)44-33-50-45(32-48(44)58)42-21-10-11-22-49(42)59-50/h1-33H. The van der Waals surface area contributed by atoms with Crippen LogP contribution in [0.5, 0.6) is 0 Å². The number of hydrogen-bond acceptors (Lipinski definition) is 4. The monoisotopic (exact) mass is 771 g/mol. The van der Waals surface area contributed by atoms with Crippen LogP contribution in [0.15, 0.2) is 200 Å². The third kappa shape index (κ3) is 5.64. The number of rotatable bonds is 6. The first-order valence-corrected chi connectivity index (χ1v) is 20.6. The molecule has 4 aromatic heterocycles. The van der Waals surface area contributed by atoms with Gasteiger partial charge in [0.2, 0.25) is 0 Å². The van der Waals surface area contributed by atoms with E-state index in [0.717, 1.165) is 39.2 Å². The zero-order valence-electron chi connectivity index (χ0n) is 31.7. The minimum Gasteiger partial charge on any atom is -0.317 e. The van der Waals surface area contributed by atoms with E-state index in [2.05, 4.69) is 149 Å². The largest absolute Gasteiger partial charge is 0.317 e. The van der Waals surface area contributed by atoms with E-state index in [0.29, 0.717) is 17.5 Å². The predicted molar refractivity (Wildman–Crippen MR) is 246 cm³/mol. The number of fused-ring (bicyclic) bond motifs is 7. The molecule has 0 aliphatic heterocycles. The smallest absolute Gasteiger partial charge is 0.164 e. The van der Waals surface area contributed by atoms with Crippen LogP contribution in [-0.2, 0) is 0 Å². The molecular weight excluding hydrogens is 739 g/mol. The van der Waals surface area contributed by atoms with Gasteiger partial charge in [-0.05, 0) is 77.9 Å². The summed E-state index contributed by atoms with van der Waals surface area (Å²) >= 11 is 1.87. The minimum absolute atomic E-state index is 0.640. The molecule has 0 N–H and O–H groups in total. The number of para-hydroxylation sites is 1. The van der Waals surface area contributed by atoms with E-state index in [9.17, 15) is 0 Å². The Kier molecular flexibility index (Phi) is 7.64. The van der Waals surface area contributed by atoms with E-state index in [1.807, 2.05) is 72.0 Å². The fourth-order valence-corrected chi connectivity index (χ4v) is 9.66. The second-order valence-electron chi connectivity index (χ2n) is 14.9. The van der Waals surface area contributed by atoms with Crippen molar-refractivity contribution < 1.29 is 0 Å². The van der Waals surface area contributed by atoms with Gasteiger partial charge in [-0.15, -0.1) is 11.3 Å². The Bertz CT molecular complexity index is 3470. The van der Waals surface area contributed by atoms with Gasteiger partial charge in [0.15, 0.2) is 17.5 Å². The zero-order valence-corrected chi connectivity index (χ0v) is 32.5. The Morgan fingerprint density at radius 2 is 0.915 bits per heavy atom. The van der Waals surface area contributed by atoms with Gasteiger partial charge < -0.3 is 9.13 Å². The van der Waals surface area contributed by atoms with Crippen molar-refractivity contribution in [2.24, 2.45) is 0 Å². The van der Waals surface area contributed by atoms with Crippen LogP contribution in [0.25, 0.3) is 110 Å². The average molecular weight is 772 g/mol. The normalized spacial score (nSPS) is 11.7. The van der Waals surface area contributed by atoms with E-state index in [1.165, 1.54) is 52.9 Å². The third-order valence-electron chi connectivity index (χ3n) is 11.4. The van der Waals surface area contributed by atoms with E-state index >= 15 is 0 Å². The Morgan fingerprint density at radius 3 is 1.64 bits per heavy atom. The van der Waals surface area contributed by atoms with Crippen LogP contribution in [0.4, 0.5) is 0 Å². The summed E-state index contributed by atoms with van der Waals surface area (Å²) in [5.74, 6) is 1.94. The Balaban J connectivity index is 0.994. The van der Waals surface area contributed by atoms with Crippen LogP contribution < -0.4 is 0 Å². The molecule has 0 radical (unpaired) electrons. The molecule has 0 aliphatic carbocycles. The van der Waals surface area contributed by atoms with Crippen LogP contribution in [0.2, 0.25) is 0 Å². The fourth-order valence-electron chi connectivity index (χ4n) is 8.53. The number of nitrogens with zero attached hydrogens (tertiary/aromatic N) is 5. The molecule has 0 unspecified atom stereocenters.